The Morgan fingerprint density at radius 2 is 2.26 bits per heavy atom. The highest BCUT2D eigenvalue weighted by molar-refractivity contribution is 9.10. The van der Waals surface area contributed by atoms with Gasteiger partial charge in [-0.15, -0.1) is 0 Å². The van der Waals surface area contributed by atoms with Gasteiger partial charge in [0.25, 0.3) is 10.7 Å². The minimum absolute atomic E-state index is 0.175. The Hall–Kier alpha value is -2.63. The maximum Gasteiger partial charge on any atom is 0.273 e. The van der Waals surface area contributed by atoms with Crippen LogP contribution in [0.15, 0.2) is 39.9 Å². The number of nitriles is 1. The zero-order valence-corrected chi connectivity index (χ0v) is 16.9. The highest BCUT2D eigenvalue weighted by Gasteiger charge is 2.16. The number of amides is 1. The maximum absolute atomic E-state index is 12.1. The van der Waals surface area contributed by atoms with Crippen molar-refractivity contribution in [2.75, 3.05) is 0 Å². The average molecular weight is 449 g/mol. The molecule has 0 radical (unpaired) electrons. The van der Waals surface area contributed by atoms with Crippen LogP contribution in [0.5, 0.6) is 0 Å². The van der Waals surface area contributed by atoms with Crippen LogP contribution in [0.2, 0.25) is 5.02 Å². The lowest BCUT2D eigenvalue weighted by molar-refractivity contribution is 0.0931. The van der Waals surface area contributed by atoms with Gasteiger partial charge in [-0.3, -0.25) is 9.48 Å². The van der Waals surface area contributed by atoms with Crippen molar-refractivity contribution >= 4 is 33.4 Å². The number of carbonyl (C=O) groups excluding carboxylic acids is 1. The number of halogens is 2. The quantitative estimate of drug-likeness (QED) is 0.637. The molecule has 1 aromatic carbocycles. The molecule has 1 amide bonds. The number of hydrogen-bond acceptors (Lipinski definition) is 5. The fraction of sp³-hybridized carbons (Fsp3) is 0.222. The number of hydrogen-bond donors (Lipinski definition) is 1. The normalized spacial score (nSPS) is 11.8. The van der Waals surface area contributed by atoms with Crippen LogP contribution in [-0.2, 0) is 6.54 Å². The van der Waals surface area contributed by atoms with Crippen LogP contribution in [0, 0.1) is 18.3 Å². The van der Waals surface area contributed by atoms with Crippen molar-refractivity contribution in [1.82, 2.24) is 20.1 Å². The number of nitrogens with one attached hydrogen (secondary N) is 1. The standard InChI is InChI=1S/C18H15BrClN5O2/c1-10(22-17(26)15-9-27-18(19)23-15)8-25-6-5-14(24-25)13-4-3-12(7-21)16(20)11(13)2/h3-6,9-10H,8H2,1-2H3,(H,22,26)/t10-/m0/s1. The molecule has 7 nitrogen and oxygen atoms in total. The van der Waals surface area contributed by atoms with Gasteiger partial charge in [-0.1, -0.05) is 17.7 Å². The lowest BCUT2D eigenvalue weighted by Crippen LogP contribution is -2.36. The third-order valence-electron chi connectivity index (χ3n) is 3.97. The van der Waals surface area contributed by atoms with Crippen molar-refractivity contribution in [3.05, 3.63) is 57.3 Å². The second kappa shape index (κ2) is 7.94. The zero-order valence-electron chi connectivity index (χ0n) is 14.5. The van der Waals surface area contributed by atoms with E-state index in [2.05, 4.69) is 37.4 Å². The van der Waals surface area contributed by atoms with Crippen molar-refractivity contribution in [1.29, 1.82) is 5.26 Å². The summed E-state index contributed by atoms with van der Waals surface area (Å²) in [5.74, 6) is -0.320. The summed E-state index contributed by atoms with van der Waals surface area (Å²) in [5.41, 5.74) is 3.06. The van der Waals surface area contributed by atoms with Crippen molar-refractivity contribution < 1.29 is 9.21 Å². The molecule has 0 saturated heterocycles. The van der Waals surface area contributed by atoms with E-state index in [1.54, 1.807) is 10.7 Å². The van der Waals surface area contributed by atoms with E-state index in [0.29, 0.717) is 17.1 Å². The molecule has 1 atom stereocenters. The van der Waals surface area contributed by atoms with E-state index in [1.165, 1.54) is 6.26 Å². The molecule has 27 heavy (non-hydrogen) atoms. The first-order valence-electron chi connectivity index (χ1n) is 8.04. The van der Waals surface area contributed by atoms with Crippen LogP contribution in [0.1, 0.15) is 28.5 Å². The van der Waals surface area contributed by atoms with Crippen molar-refractivity contribution in [3.8, 4) is 17.3 Å². The summed E-state index contributed by atoms with van der Waals surface area (Å²) in [4.78, 5) is 16.3. The lowest BCUT2D eigenvalue weighted by Gasteiger charge is -2.13. The van der Waals surface area contributed by atoms with Gasteiger partial charge >= 0.3 is 0 Å². The molecule has 0 aliphatic rings. The first kappa shape index (κ1) is 19.1. The van der Waals surface area contributed by atoms with Gasteiger partial charge in [0.15, 0.2) is 5.69 Å². The first-order chi connectivity index (χ1) is 12.9. The van der Waals surface area contributed by atoms with E-state index in [1.807, 2.05) is 32.2 Å². The minimum Gasteiger partial charge on any atom is -0.439 e. The van der Waals surface area contributed by atoms with Crippen molar-refractivity contribution in [3.63, 3.8) is 0 Å². The van der Waals surface area contributed by atoms with Gasteiger partial charge in [-0.05, 0) is 31.5 Å². The van der Waals surface area contributed by atoms with Crippen LogP contribution < -0.4 is 5.32 Å². The Kier molecular flexibility index (Phi) is 5.63. The van der Waals surface area contributed by atoms with E-state index in [9.17, 15) is 4.79 Å². The van der Waals surface area contributed by atoms with Crippen molar-refractivity contribution in [2.24, 2.45) is 0 Å². The molecule has 2 aromatic heterocycles. The SMILES string of the molecule is Cc1c(-c2ccn(C[C@H](C)NC(=O)c3coc(Br)n3)n2)ccc(C#N)c1Cl. The fourth-order valence-corrected chi connectivity index (χ4v) is 3.13. The molecule has 3 rings (SSSR count). The number of oxazole rings is 1. The van der Waals surface area contributed by atoms with Crippen LogP contribution in [-0.4, -0.2) is 26.7 Å². The van der Waals surface area contributed by atoms with Gasteiger partial charge in [-0.25, -0.2) is 0 Å². The average Bonchev–Trinajstić information content (AvgIpc) is 3.26. The summed E-state index contributed by atoms with van der Waals surface area (Å²) in [5, 5.41) is 16.9. The Morgan fingerprint density at radius 1 is 1.48 bits per heavy atom. The summed E-state index contributed by atoms with van der Waals surface area (Å²) in [6.07, 6.45) is 3.12. The minimum atomic E-state index is -0.320. The maximum atomic E-state index is 12.1. The van der Waals surface area contributed by atoms with Gasteiger partial charge in [0.2, 0.25) is 0 Å². The van der Waals surface area contributed by atoms with Gasteiger partial charge in [-0.2, -0.15) is 15.3 Å². The number of rotatable bonds is 5. The van der Waals surface area contributed by atoms with Crippen LogP contribution >= 0.6 is 27.5 Å². The summed E-state index contributed by atoms with van der Waals surface area (Å²) in [7, 11) is 0. The molecule has 0 unspecified atom stereocenters. The number of carbonyl (C=O) groups is 1. The highest BCUT2D eigenvalue weighted by Crippen LogP contribution is 2.29. The Morgan fingerprint density at radius 3 is 2.93 bits per heavy atom. The van der Waals surface area contributed by atoms with Crippen LogP contribution in [0.4, 0.5) is 0 Å². The molecule has 0 spiro atoms. The third-order valence-corrected chi connectivity index (χ3v) is 4.82. The fourth-order valence-electron chi connectivity index (χ4n) is 2.64. The molecule has 138 valence electrons. The van der Waals surface area contributed by atoms with Gasteiger partial charge in [0.1, 0.15) is 12.3 Å². The number of aromatic nitrogens is 3. The summed E-state index contributed by atoms with van der Waals surface area (Å²) in [6, 6.07) is 7.28. The van der Waals surface area contributed by atoms with Crippen LogP contribution in [0.25, 0.3) is 11.3 Å². The molecule has 9 heteroatoms. The molecule has 3 aromatic rings. The smallest absolute Gasteiger partial charge is 0.273 e. The zero-order chi connectivity index (χ0) is 19.6. The Bertz CT molecular complexity index is 1040. The largest absolute Gasteiger partial charge is 0.439 e. The molecule has 0 fully saturated rings. The van der Waals surface area contributed by atoms with Crippen LogP contribution in [0.3, 0.4) is 0 Å². The molecule has 2 heterocycles. The van der Waals surface area contributed by atoms with E-state index in [-0.39, 0.29) is 22.4 Å². The number of benzene rings is 1. The lowest BCUT2D eigenvalue weighted by atomic mass is 10.0. The molecular weight excluding hydrogens is 434 g/mol. The topological polar surface area (TPSA) is 96.7 Å². The van der Waals surface area contributed by atoms with E-state index in [4.69, 9.17) is 21.3 Å². The molecule has 1 N–H and O–H groups in total. The van der Waals surface area contributed by atoms with Gasteiger partial charge in [0, 0.05) is 33.7 Å². The monoisotopic (exact) mass is 447 g/mol. The van der Waals surface area contributed by atoms with Gasteiger partial charge < -0.3 is 9.73 Å². The second-order valence-electron chi connectivity index (χ2n) is 5.99. The summed E-state index contributed by atoms with van der Waals surface area (Å²) < 4.78 is 6.71. The molecule has 0 saturated carbocycles. The molecule has 0 bridgehead atoms. The number of nitrogens with zero attached hydrogens (tertiary/aromatic N) is 4. The molecule has 0 aliphatic heterocycles. The van der Waals surface area contributed by atoms with E-state index < -0.39 is 0 Å². The molecule has 0 aliphatic carbocycles. The Balaban J connectivity index is 1.70. The van der Waals surface area contributed by atoms with E-state index >= 15 is 0 Å². The highest BCUT2D eigenvalue weighted by atomic mass is 79.9. The van der Waals surface area contributed by atoms with Crippen molar-refractivity contribution in [2.45, 2.75) is 26.4 Å². The summed E-state index contributed by atoms with van der Waals surface area (Å²) in [6.45, 7) is 4.21. The Labute approximate surface area is 169 Å². The molecular formula is C18H15BrClN5O2. The van der Waals surface area contributed by atoms with E-state index in [0.717, 1.165) is 16.8 Å². The second-order valence-corrected chi connectivity index (χ2v) is 7.05. The third kappa shape index (κ3) is 4.21. The summed E-state index contributed by atoms with van der Waals surface area (Å²) >= 11 is 9.30. The first-order valence-corrected chi connectivity index (χ1v) is 9.21. The van der Waals surface area contributed by atoms with Gasteiger partial charge in [0.05, 0.1) is 22.8 Å². The predicted molar refractivity (Wildman–Crippen MR) is 103 cm³/mol. The predicted octanol–water partition coefficient (Wildman–Crippen LogP) is 3.95.